The summed E-state index contributed by atoms with van der Waals surface area (Å²) in [6, 6.07) is 0. The molecular weight excluding hydrogens is 700 g/mol. The first-order chi connectivity index (χ1) is 10.3. The van der Waals surface area contributed by atoms with Crippen LogP contribution < -0.4 is 4.74 Å². The molecule has 1 aliphatic rings. The number of fused-ring (bicyclic) bond motifs is 1. The maximum atomic E-state index is 14.3. The molecule has 0 saturated heterocycles. The fraction of sp³-hybridized carbons (Fsp3) is 0.615. The van der Waals surface area contributed by atoms with Crippen molar-refractivity contribution in [2.75, 3.05) is 13.3 Å². The van der Waals surface area contributed by atoms with Gasteiger partial charge in [-0.25, -0.2) is 4.39 Å². The summed E-state index contributed by atoms with van der Waals surface area (Å²) in [7, 11) is -2.89. The van der Waals surface area contributed by atoms with Crippen molar-refractivity contribution < 1.29 is 23.3 Å². The van der Waals surface area contributed by atoms with Crippen LogP contribution in [0.1, 0.15) is 36.6 Å². The zero-order valence-electron chi connectivity index (χ0n) is 13.4. The molecule has 1 aromatic rings. The Morgan fingerprint density at radius 1 is 1.39 bits per heavy atom. The molecule has 0 aromatic carbocycles. The Labute approximate surface area is 174 Å². The summed E-state index contributed by atoms with van der Waals surface area (Å²) in [5.74, 6) is -1.75. The van der Waals surface area contributed by atoms with E-state index in [1.165, 1.54) is 19.5 Å². The van der Waals surface area contributed by atoms with Crippen LogP contribution in [0.4, 0.5) is 4.39 Å². The molecule has 0 amide bonds. The van der Waals surface area contributed by atoms with Gasteiger partial charge < -0.3 is 14.0 Å². The fourth-order valence-corrected chi connectivity index (χ4v) is 2.89. The topological polar surface area (TPSA) is 48.4 Å². The Hall–Kier alpha value is 1.84. The number of ether oxygens (including phenoxy) is 2. The van der Waals surface area contributed by atoms with Gasteiger partial charge in [0.05, 0.1) is 12.3 Å². The van der Waals surface area contributed by atoms with Crippen LogP contribution in [0, 0.1) is 6.92 Å². The molecule has 1 aromatic heterocycles. The molecule has 0 radical (unpaired) electrons. The van der Waals surface area contributed by atoms with Crippen molar-refractivity contribution in [1.29, 1.82) is 0 Å². The number of aryl methyl sites for hydroxylation is 1. The maximum absolute atomic E-state index is 14.3. The molecule has 1 atom stereocenters. The second-order valence-electron chi connectivity index (χ2n) is 5.86. The third kappa shape index (κ3) is 7.17. The zero-order chi connectivity index (χ0) is 18.0. The van der Waals surface area contributed by atoms with Gasteiger partial charge >= 0.3 is 64.9 Å². The summed E-state index contributed by atoms with van der Waals surface area (Å²) in [6.07, 6.45) is 1.43. The molecule has 2 heterocycles. The molecule has 0 N–H and O–H groups in total. The van der Waals surface area contributed by atoms with Crippen molar-refractivity contribution in [1.82, 2.24) is 4.98 Å². The number of hydrogen-bond donors (Lipinski definition) is 0. The van der Waals surface area contributed by atoms with E-state index in [0.717, 1.165) is 0 Å². The Balaban J connectivity index is 0.000000593. The second-order valence-corrected chi connectivity index (χ2v) is 44.5. The van der Waals surface area contributed by atoms with Gasteiger partial charge in [0.15, 0.2) is 5.91 Å². The molecule has 23 heavy (non-hydrogen) atoms. The van der Waals surface area contributed by atoms with E-state index in [1.54, 1.807) is 20.8 Å². The quantitative estimate of drug-likeness (QED) is 0.267. The van der Waals surface area contributed by atoms with Crippen molar-refractivity contribution in [3.63, 3.8) is 0 Å². The second kappa shape index (κ2) is 9.17. The van der Waals surface area contributed by atoms with Crippen LogP contribution in [-0.4, -0.2) is 24.1 Å². The minimum atomic E-state index is -2.89. The summed E-state index contributed by atoms with van der Waals surface area (Å²) in [5.41, 5.74) is 1.61. The van der Waals surface area contributed by atoms with E-state index in [1.807, 2.05) is 0 Å². The molecule has 0 aliphatic carbocycles. The van der Waals surface area contributed by atoms with Crippen LogP contribution in [0.3, 0.4) is 0 Å². The Morgan fingerprint density at radius 3 is 2.39 bits per heavy atom. The van der Waals surface area contributed by atoms with Gasteiger partial charge in [0.1, 0.15) is 12.9 Å². The average molecular weight is 719 g/mol. The molecule has 0 bridgehead atoms. The molecule has 0 spiro atoms. The van der Waals surface area contributed by atoms with Crippen LogP contribution in [-0.2, 0) is 20.8 Å². The number of aromatic nitrogens is 1. The SMILES string of the molecule is Cc1ncc(C(F)P(C)(C)=O)c2c1OC(C)(C)OC2.[I][V]([I])[I]. The van der Waals surface area contributed by atoms with E-state index in [9.17, 15) is 8.96 Å². The first-order valence-corrected chi connectivity index (χ1v) is 22.8. The Kier molecular flexibility index (Phi) is 9.12. The van der Waals surface area contributed by atoms with Crippen molar-refractivity contribution in [3.05, 3.63) is 23.0 Å². The number of alkyl halides is 1. The number of nitrogens with zero attached hydrogens (tertiary/aromatic N) is 1. The van der Waals surface area contributed by atoms with Crippen molar-refractivity contribution in [2.45, 2.75) is 39.1 Å². The van der Waals surface area contributed by atoms with Gasteiger partial charge in [-0.1, -0.05) is 0 Å². The van der Waals surface area contributed by atoms with Gasteiger partial charge in [0.2, 0.25) is 5.79 Å². The van der Waals surface area contributed by atoms with Gasteiger partial charge in [-0.15, -0.1) is 0 Å². The number of pyridine rings is 1. The predicted molar refractivity (Wildman–Crippen MR) is 114 cm³/mol. The zero-order valence-corrected chi connectivity index (χ0v) is 22.2. The summed E-state index contributed by atoms with van der Waals surface area (Å²) in [5, 5.41) is 0. The first kappa shape index (κ1) is 22.9. The fourth-order valence-electron chi connectivity index (χ4n) is 2.00. The summed E-state index contributed by atoms with van der Waals surface area (Å²) in [4.78, 5) is 3.87. The molecule has 132 valence electrons. The summed E-state index contributed by atoms with van der Waals surface area (Å²) >= 11 is 7.39. The van der Waals surface area contributed by atoms with Crippen LogP contribution >= 0.6 is 67.1 Å². The standard InChI is InChI=1S/C13H19FNO3P.3HI.V/c1-8-11-10(7-17-13(2,3)18-11)9(6-15-8)12(14)19(4,5)16;;;;/h6,12H,7H2,1-5H3;3*1H;/q;;;;+3/p-3. The van der Waals surface area contributed by atoms with E-state index >= 15 is 0 Å². The van der Waals surface area contributed by atoms with E-state index < -0.39 is 18.8 Å². The molecule has 2 rings (SSSR count). The molecule has 1 aliphatic heterocycles. The van der Waals surface area contributed by atoms with Crippen molar-refractivity contribution in [2.24, 2.45) is 0 Å². The van der Waals surface area contributed by atoms with E-state index in [0.29, 0.717) is 22.6 Å². The van der Waals surface area contributed by atoms with Crippen molar-refractivity contribution in [3.8, 4) is 5.75 Å². The number of hydrogen-bond acceptors (Lipinski definition) is 4. The van der Waals surface area contributed by atoms with Crippen LogP contribution in [0.25, 0.3) is 0 Å². The van der Waals surface area contributed by atoms with Gasteiger partial charge in [-0.05, 0) is 20.3 Å². The van der Waals surface area contributed by atoms with E-state index in [2.05, 4.69) is 64.9 Å². The van der Waals surface area contributed by atoms with E-state index in [4.69, 9.17) is 9.47 Å². The molecule has 0 saturated carbocycles. The van der Waals surface area contributed by atoms with Crippen LogP contribution in [0.15, 0.2) is 6.20 Å². The van der Waals surface area contributed by atoms with Gasteiger partial charge in [-0.2, -0.15) is 0 Å². The molecule has 1 unspecified atom stereocenters. The average Bonchev–Trinajstić information content (AvgIpc) is 2.36. The predicted octanol–water partition coefficient (Wildman–Crippen LogP) is 6.28. The summed E-state index contributed by atoms with van der Waals surface area (Å²) in [6.45, 7) is 8.48. The molecule has 4 nitrogen and oxygen atoms in total. The van der Waals surface area contributed by atoms with Crippen LogP contribution in [0.5, 0.6) is 5.75 Å². The Bertz CT molecular complexity index is 610. The van der Waals surface area contributed by atoms with Gasteiger partial charge in [0, 0.05) is 31.2 Å². The van der Waals surface area contributed by atoms with E-state index in [-0.39, 0.29) is 11.5 Å². The third-order valence-electron chi connectivity index (χ3n) is 3.06. The molecular formula is C13H19FI3NO3PV. The monoisotopic (exact) mass is 719 g/mol. The molecule has 10 heteroatoms. The van der Waals surface area contributed by atoms with Crippen molar-refractivity contribution >= 4 is 67.1 Å². The number of rotatable bonds is 2. The normalized spacial score (nSPS) is 17.7. The van der Waals surface area contributed by atoms with Gasteiger partial charge in [-0.3, -0.25) is 4.98 Å². The minimum absolute atomic E-state index is 0.238. The van der Waals surface area contributed by atoms with Crippen LogP contribution in [0.2, 0.25) is 0 Å². The third-order valence-corrected chi connectivity index (χ3v) is 4.43. The Morgan fingerprint density at radius 2 is 1.91 bits per heavy atom. The molecule has 0 fully saturated rings. The summed E-state index contributed by atoms with van der Waals surface area (Å²) < 4.78 is 37.5. The van der Waals surface area contributed by atoms with Gasteiger partial charge in [0.25, 0.3) is 0 Å². The number of halogens is 4. The first-order valence-electron chi connectivity index (χ1n) is 6.62.